The van der Waals surface area contributed by atoms with E-state index in [1.165, 1.54) is 14.2 Å². The number of carbonyl (C=O) groups excluding carboxylic acids is 2. The van der Waals surface area contributed by atoms with Gasteiger partial charge in [-0.15, -0.1) is 5.10 Å². The highest BCUT2D eigenvalue weighted by atomic mass is 35.5. The molecule has 0 aliphatic rings. The van der Waals surface area contributed by atoms with Crippen LogP contribution in [0, 0.1) is 0 Å². The SMILES string of the molecule is COC(=O)N(OC)c1ccccc1COc1ccn(-c2ccc(Cl)cc2)n1.O=C(Nc1ccccc1-c1ccc(Cl)cc1)c1cccnc1Cl. The van der Waals surface area contributed by atoms with Crippen LogP contribution in [0.4, 0.5) is 16.2 Å². The zero-order chi connectivity index (χ0) is 35.5. The number of aromatic nitrogens is 3. The molecule has 254 valence electrons. The van der Waals surface area contributed by atoms with Crippen molar-refractivity contribution in [2.75, 3.05) is 24.6 Å². The number of nitrogens with zero attached hydrogens (tertiary/aromatic N) is 4. The Morgan fingerprint density at radius 2 is 1.48 bits per heavy atom. The first-order valence-electron chi connectivity index (χ1n) is 15.0. The van der Waals surface area contributed by atoms with E-state index in [1.54, 1.807) is 59.5 Å². The second-order valence-electron chi connectivity index (χ2n) is 10.3. The van der Waals surface area contributed by atoms with Gasteiger partial charge in [-0.2, -0.15) is 5.06 Å². The van der Waals surface area contributed by atoms with Gasteiger partial charge in [0.25, 0.3) is 5.91 Å². The molecule has 2 amide bonds. The van der Waals surface area contributed by atoms with Gasteiger partial charge in [-0.1, -0.05) is 83.3 Å². The van der Waals surface area contributed by atoms with Gasteiger partial charge in [0.05, 0.1) is 31.2 Å². The predicted octanol–water partition coefficient (Wildman–Crippen LogP) is 9.55. The number of pyridine rings is 1. The van der Waals surface area contributed by atoms with E-state index < -0.39 is 6.09 Å². The minimum absolute atomic E-state index is 0.175. The van der Waals surface area contributed by atoms with Crippen molar-refractivity contribution in [3.05, 3.63) is 154 Å². The molecule has 0 fully saturated rings. The van der Waals surface area contributed by atoms with Crippen molar-refractivity contribution in [2.45, 2.75) is 6.61 Å². The highest BCUT2D eigenvalue weighted by Gasteiger charge is 2.20. The lowest BCUT2D eigenvalue weighted by molar-refractivity contribution is 0.102. The molecule has 13 heteroatoms. The zero-order valence-electron chi connectivity index (χ0n) is 26.8. The van der Waals surface area contributed by atoms with Crippen LogP contribution in [0.1, 0.15) is 15.9 Å². The van der Waals surface area contributed by atoms with Gasteiger partial charge in [-0.05, 0) is 66.2 Å². The normalized spacial score (nSPS) is 10.4. The summed E-state index contributed by atoms with van der Waals surface area (Å²) >= 11 is 17.8. The first kappa shape index (κ1) is 35.9. The summed E-state index contributed by atoms with van der Waals surface area (Å²) in [5, 5.41) is 9.83. The number of methoxy groups -OCH3 is 1. The number of hydrogen-bond donors (Lipinski definition) is 1. The van der Waals surface area contributed by atoms with Gasteiger partial charge in [0.15, 0.2) is 0 Å². The summed E-state index contributed by atoms with van der Waals surface area (Å²) in [6, 6.07) is 34.6. The second kappa shape index (κ2) is 17.3. The number of halogens is 3. The Kier molecular flexibility index (Phi) is 12.4. The smallest absolute Gasteiger partial charge is 0.438 e. The minimum atomic E-state index is -0.628. The molecule has 0 radical (unpaired) electrons. The second-order valence-corrected chi connectivity index (χ2v) is 11.5. The van der Waals surface area contributed by atoms with Crippen LogP contribution in [0.3, 0.4) is 0 Å². The molecule has 0 unspecified atom stereocenters. The predicted molar refractivity (Wildman–Crippen MR) is 195 cm³/mol. The number of anilines is 2. The number of rotatable bonds is 9. The number of hydrogen-bond acceptors (Lipinski definition) is 7. The van der Waals surface area contributed by atoms with Crippen molar-refractivity contribution >= 4 is 58.2 Å². The lowest BCUT2D eigenvalue weighted by Crippen LogP contribution is -2.30. The molecular formula is C37H30Cl3N5O5. The average Bonchev–Trinajstić information content (AvgIpc) is 3.62. The Hall–Kier alpha value is -5.39. The molecule has 1 N–H and O–H groups in total. The first-order valence-corrected chi connectivity index (χ1v) is 16.1. The summed E-state index contributed by atoms with van der Waals surface area (Å²) in [5.41, 5.74) is 5.03. The number of carbonyl (C=O) groups is 2. The Balaban J connectivity index is 0.000000197. The van der Waals surface area contributed by atoms with Crippen molar-refractivity contribution in [2.24, 2.45) is 0 Å². The Morgan fingerprint density at radius 3 is 2.18 bits per heavy atom. The molecule has 6 aromatic rings. The first-order chi connectivity index (χ1) is 24.3. The highest BCUT2D eigenvalue weighted by Crippen LogP contribution is 2.30. The van der Waals surface area contributed by atoms with Crippen LogP contribution in [-0.4, -0.2) is 41.0 Å². The standard InChI is InChI=1S/C19H18ClN3O4.C18H12Cl2N2O/c1-25-19(24)23(26-2)17-6-4-3-5-14(17)13-27-18-11-12-22(21-18)16-9-7-15(20)8-10-16;19-13-9-7-12(8-10-13)14-4-1-2-6-16(14)22-18(23)15-5-3-11-21-17(15)20/h3-12H,13H2,1-2H3;1-11H,(H,22,23). The number of nitrogens with one attached hydrogen (secondary N) is 1. The van der Waals surface area contributed by atoms with Crippen LogP contribution in [0.5, 0.6) is 5.88 Å². The summed E-state index contributed by atoms with van der Waals surface area (Å²) in [4.78, 5) is 33.3. The maximum Gasteiger partial charge on any atom is 0.438 e. The summed E-state index contributed by atoms with van der Waals surface area (Å²) in [6.07, 6.45) is 2.71. The Labute approximate surface area is 303 Å². The van der Waals surface area contributed by atoms with E-state index >= 15 is 0 Å². The fourth-order valence-corrected chi connectivity index (χ4v) is 5.13. The maximum atomic E-state index is 12.4. The van der Waals surface area contributed by atoms with E-state index in [1.807, 2.05) is 72.8 Å². The fourth-order valence-electron chi connectivity index (χ4n) is 4.68. The van der Waals surface area contributed by atoms with Crippen molar-refractivity contribution in [3.63, 3.8) is 0 Å². The number of ether oxygens (including phenoxy) is 2. The average molecular weight is 731 g/mol. The van der Waals surface area contributed by atoms with E-state index in [0.717, 1.165) is 27.4 Å². The quantitative estimate of drug-likeness (QED) is 0.117. The van der Waals surface area contributed by atoms with Crippen LogP contribution in [0.25, 0.3) is 16.8 Å². The third-order valence-corrected chi connectivity index (χ3v) is 7.90. The number of hydroxylamine groups is 1. The summed E-state index contributed by atoms with van der Waals surface area (Å²) in [5.74, 6) is 0.145. The van der Waals surface area contributed by atoms with Gasteiger partial charge in [0.1, 0.15) is 11.8 Å². The van der Waals surface area contributed by atoms with E-state index in [-0.39, 0.29) is 17.7 Å². The van der Waals surface area contributed by atoms with Crippen molar-refractivity contribution in [3.8, 4) is 22.7 Å². The van der Waals surface area contributed by atoms with Gasteiger partial charge in [-0.25, -0.2) is 14.5 Å². The Bertz CT molecular complexity index is 2060. The van der Waals surface area contributed by atoms with E-state index in [2.05, 4.69) is 15.4 Å². The molecule has 0 spiro atoms. The lowest BCUT2D eigenvalue weighted by Gasteiger charge is -2.20. The molecule has 0 aliphatic heterocycles. The molecule has 6 rings (SSSR count). The Morgan fingerprint density at radius 1 is 0.800 bits per heavy atom. The number of amides is 2. The summed E-state index contributed by atoms with van der Waals surface area (Å²) in [7, 11) is 2.68. The van der Waals surface area contributed by atoms with E-state index in [9.17, 15) is 9.59 Å². The molecule has 0 atom stereocenters. The fraction of sp³-hybridized carbons (Fsp3) is 0.0811. The highest BCUT2D eigenvalue weighted by molar-refractivity contribution is 6.33. The minimum Gasteiger partial charge on any atom is -0.472 e. The number of benzene rings is 4. The van der Waals surface area contributed by atoms with Crippen molar-refractivity contribution in [1.82, 2.24) is 14.8 Å². The largest absolute Gasteiger partial charge is 0.472 e. The molecule has 2 heterocycles. The monoisotopic (exact) mass is 729 g/mol. The third-order valence-electron chi connectivity index (χ3n) is 7.10. The van der Waals surface area contributed by atoms with Gasteiger partial charge in [-0.3, -0.25) is 9.63 Å². The number of para-hydroxylation sites is 2. The molecule has 0 saturated carbocycles. The summed E-state index contributed by atoms with van der Waals surface area (Å²) < 4.78 is 12.2. The molecule has 0 bridgehead atoms. The van der Waals surface area contributed by atoms with Crippen molar-refractivity contribution in [1.29, 1.82) is 0 Å². The van der Waals surface area contributed by atoms with Crippen LogP contribution < -0.4 is 15.1 Å². The van der Waals surface area contributed by atoms with E-state index in [0.29, 0.717) is 32.9 Å². The molecule has 10 nitrogen and oxygen atoms in total. The molecule has 2 aromatic heterocycles. The topological polar surface area (TPSA) is 108 Å². The molecule has 0 saturated heterocycles. The zero-order valence-corrected chi connectivity index (χ0v) is 29.1. The third kappa shape index (κ3) is 9.19. The summed E-state index contributed by atoms with van der Waals surface area (Å²) in [6.45, 7) is 0.199. The van der Waals surface area contributed by atoms with Crippen molar-refractivity contribution < 1.29 is 23.9 Å². The van der Waals surface area contributed by atoms with Gasteiger partial charge in [0.2, 0.25) is 5.88 Å². The van der Waals surface area contributed by atoms with Gasteiger partial charge < -0.3 is 14.8 Å². The molecule has 50 heavy (non-hydrogen) atoms. The molecular weight excluding hydrogens is 701 g/mol. The molecule has 4 aromatic carbocycles. The lowest BCUT2D eigenvalue weighted by atomic mass is 10.0. The van der Waals surface area contributed by atoms with Crippen LogP contribution in [0.15, 0.2) is 128 Å². The van der Waals surface area contributed by atoms with Crippen LogP contribution >= 0.6 is 34.8 Å². The van der Waals surface area contributed by atoms with Gasteiger partial charge >= 0.3 is 6.09 Å². The van der Waals surface area contributed by atoms with Crippen LogP contribution in [-0.2, 0) is 16.2 Å². The van der Waals surface area contributed by atoms with Crippen LogP contribution in [0.2, 0.25) is 15.2 Å². The maximum absolute atomic E-state index is 12.4. The van der Waals surface area contributed by atoms with Gasteiger partial charge in [0, 0.05) is 45.3 Å². The van der Waals surface area contributed by atoms with E-state index in [4.69, 9.17) is 49.1 Å². The molecule has 0 aliphatic carbocycles.